The van der Waals surface area contributed by atoms with Crippen LogP contribution in [0.15, 0.2) is 6.07 Å². The van der Waals surface area contributed by atoms with E-state index in [1.54, 1.807) is 6.07 Å². The molecular formula is C14H21ClFN3. The highest BCUT2D eigenvalue weighted by molar-refractivity contribution is 6.33. The SMILES string of the molecule is CCCC1CCN(c2c(N)cc(N)c(Cl)c2F)CC1. The summed E-state index contributed by atoms with van der Waals surface area (Å²) in [7, 11) is 0. The number of nitrogens with two attached hydrogens (primary N) is 2. The summed E-state index contributed by atoms with van der Waals surface area (Å²) in [5.41, 5.74) is 12.5. The summed E-state index contributed by atoms with van der Waals surface area (Å²) in [5.74, 6) is 0.253. The summed E-state index contributed by atoms with van der Waals surface area (Å²) in [6.45, 7) is 3.85. The Kier molecular flexibility index (Phi) is 4.40. The Hall–Kier alpha value is -1.16. The second-order valence-corrected chi connectivity index (χ2v) is 5.63. The van der Waals surface area contributed by atoms with Crippen LogP contribution in [0.3, 0.4) is 0 Å². The van der Waals surface area contributed by atoms with Crippen molar-refractivity contribution in [2.45, 2.75) is 32.6 Å². The molecule has 19 heavy (non-hydrogen) atoms. The van der Waals surface area contributed by atoms with E-state index in [9.17, 15) is 4.39 Å². The van der Waals surface area contributed by atoms with Crippen molar-refractivity contribution in [1.82, 2.24) is 0 Å². The van der Waals surface area contributed by atoms with Crippen molar-refractivity contribution in [2.24, 2.45) is 5.92 Å². The summed E-state index contributed by atoms with van der Waals surface area (Å²) >= 11 is 5.87. The molecule has 0 unspecified atom stereocenters. The zero-order valence-corrected chi connectivity index (χ0v) is 12.0. The van der Waals surface area contributed by atoms with Crippen molar-refractivity contribution in [3.8, 4) is 0 Å². The van der Waals surface area contributed by atoms with E-state index in [-0.39, 0.29) is 10.7 Å². The minimum Gasteiger partial charge on any atom is -0.397 e. The third kappa shape index (κ3) is 2.89. The number of nitrogens with zero attached hydrogens (tertiary/aromatic N) is 1. The quantitative estimate of drug-likeness (QED) is 0.833. The van der Waals surface area contributed by atoms with Gasteiger partial charge in [-0.3, -0.25) is 0 Å². The van der Waals surface area contributed by atoms with Gasteiger partial charge in [0.25, 0.3) is 0 Å². The van der Waals surface area contributed by atoms with Crippen molar-refractivity contribution in [3.63, 3.8) is 0 Å². The average molecular weight is 286 g/mol. The first kappa shape index (κ1) is 14.3. The second-order valence-electron chi connectivity index (χ2n) is 5.25. The van der Waals surface area contributed by atoms with E-state index < -0.39 is 5.82 Å². The molecule has 0 saturated carbocycles. The van der Waals surface area contributed by atoms with Gasteiger partial charge in [0.1, 0.15) is 5.02 Å². The lowest BCUT2D eigenvalue weighted by Crippen LogP contribution is -2.34. The largest absolute Gasteiger partial charge is 0.397 e. The molecular weight excluding hydrogens is 265 g/mol. The van der Waals surface area contributed by atoms with Crippen LogP contribution in [0.1, 0.15) is 32.6 Å². The molecule has 0 bridgehead atoms. The Morgan fingerprint density at radius 1 is 1.32 bits per heavy atom. The van der Waals surface area contributed by atoms with Gasteiger partial charge in [-0.1, -0.05) is 31.4 Å². The van der Waals surface area contributed by atoms with Crippen LogP contribution in [0.2, 0.25) is 5.02 Å². The van der Waals surface area contributed by atoms with Crippen molar-refractivity contribution in [2.75, 3.05) is 29.5 Å². The lowest BCUT2D eigenvalue weighted by atomic mass is 9.92. The molecule has 1 aromatic carbocycles. The van der Waals surface area contributed by atoms with Crippen molar-refractivity contribution >= 4 is 28.7 Å². The molecule has 0 aliphatic carbocycles. The molecule has 0 spiro atoms. The average Bonchev–Trinajstić information content (AvgIpc) is 2.38. The maximum atomic E-state index is 14.2. The molecule has 1 aliphatic heterocycles. The predicted molar refractivity (Wildman–Crippen MR) is 80.1 cm³/mol. The predicted octanol–water partition coefficient (Wildman–Crippen LogP) is 3.66. The van der Waals surface area contributed by atoms with Crippen LogP contribution < -0.4 is 16.4 Å². The van der Waals surface area contributed by atoms with Crippen LogP contribution in [0.4, 0.5) is 21.5 Å². The lowest BCUT2D eigenvalue weighted by molar-refractivity contribution is 0.377. The molecule has 1 aromatic rings. The Morgan fingerprint density at radius 2 is 1.95 bits per heavy atom. The maximum Gasteiger partial charge on any atom is 0.169 e. The van der Waals surface area contributed by atoms with Crippen molar-refractivity contribution in [1.29, 1.82) is 0 Å². The molecule has 3 nitrogen and oxygen atoms in total. The van der Waals surface area contributed by atoms with Crippen LogP contribution in [0, 0.1) is 11.7 Å². The fraction of sp³-hybridized carbons (Fsp3) is 0.571. The van der Waals surface area contributed by atoms with Gasteiger partial charge in [-0.25, -0.2) is 4.39 Å². The monoisotopic (exact) mass is 285 g/mol. The minimum atomic E-state index is -0.492. The molecule has 106 valence electrons. The van der Waals surface area contributed by atoms with Gasteiger partial charge < -0.3 is 16.4 Å². The number of piperidine rings is 1. The third-order valence-electron chi connectivity index (χ3n) is 3.87. The first-order valence-electron chi connectivity index (χ1n) is 6.82. The number of hydrogen-bond acceptors (Lipinski definition) is 3. The highest BCUT2D eigenvalue weighted by Gasteiger charge is 2.24. The number of hydrogen-bond donors (Lipinski definition) is 2. The maximum absolute atomic E-state index is 14.2. The molecule has 1 fully saturated rings. The van der Waals surface area contributed by atoms with Gasteiger partial charge in [0.05, 0.1) is 17.1 Å². The number of nitrogen functional groups attached to an aromatic ring is 2. The zero-order chi connectivity index (χ0) is 14.0. The normalized spacial score (nSPS) is 16.9. The van der Waals surface area contributed by atoms with Gasteiger partial charge >= 0.3 is 0 Å². The third-order valence-corrected chi connectivity index (χ3v) is 4.25. The Labute approximate surface area is 118 Å². The topological polar surface area (TPSA) is 55.3 Å². The van der Waals surface area contributed by atoms with Gasteiger partial charge in [-0.2, -0.15) is 0 Å². The second kappa shape index (κ2) is 5.87. The molecule has 4 N–H and O–H groups in total. The molecule has 2 rings (SSSR count). The molecule has 1 heterocycles. The van der Waals surface area contributed by atoms with Crippen LogP contribution in [-0.4, -0.2) is 13.1 Å². The number of rotatable bonds is 3. The molecule has 0 radical (unpaired) electrons. The first-order valence-corrected chi connectivity index (χ1v) is 7.20. The number of anilines is 3. The van der Waals surface area contributed by atoms with E-state index in [1.807, 2.05) is 4.90 Å². The van der Waals surface area contributed by atoms with E-state index in [0.717, 1.165) is 31.8 Å². The van der Waals surface area contributed by atoms with Crippen LogP contribution in [-0.2, 0) is 0 Å². The van der Waals surface area contributed by atoms with Gasteiger partial charge in [0, 0.05) is 13.1 Å². The highest BCUT2D eigenvalue weighted by Crippen LogP contribution is 2.38. The molecule has 1 saturated heterocycles. The summed E-state index contributed by atoms with van der Waals surface area (Å²) in [6.07, 6.45) is 4.60. The Bertz CT molecular complexity index is 456. The zero-order valence-electron chi connectivity index (χ0n) is 11.3. The van der Waals surface area contributed by atoms with E-state index in [1.165, 1.54) is 12.8 Å². The fourth-order valence-electron chi connectivity index (χ4n) is 2.83. The lowest BCUT2D eigenvalue weighted by Gasteiger charge is -2.34. The van der Waals surface area contributed by atoms with Gasteiger partial charge in [0.15, 0.2) is 5.82 Å². The Balaban J connectivity index is 2.18. The standard InChI is InChI=1S/C14H21ClFN3/c1-2-3-9-4-6-19(7-5-9)14-11(18)8-10(17)12(15)13(14)16/h8-9H,2-7,17-18H2,1H3. The van der Waals surface area contributed by atoms with E-state index in [0.29, 0.717) is 11.4 Å². The summed E-state index contributed by atoms with van der Waals surface area (Å²) in [4.78, 5) is 1.99. The minimum absolute atomic E-state index is 0.0279. The van der Waals surface area contributed by atoms with Gasteiger partial charge in [-0.15, -0.1) is 0 Å². The molecule has 5 heteroatoms. The van der Waals surface area contributed by atoms with E-state index >= 15 is 0 Å². The fourth-order valence-corrected chi connectivity index (χ4v) is 2.98. The van der Waals surface area contributed by atoms with Gasteiger partial charge in [0.2, 0.25) is 0 Å². The summed E-state index contributed by atoms with van der Waals surface area (Å²) in [5, 5.41) is -0.0279. The summed E-state index contributed by atoms with van der Waals surface area (Å²) in [6, 6.07) is 1.54. The Morgan fingerprint density at radius 3 is 2.53 bits per heavy atom. The molecule has 1 aliphatic rings. The number of halogens is 2. The van der Waals surface area contributed by atoms with Crippen molar-refractivity contribution < 1.29 is 4.39 Å². The highest BCUT2D eigenvalue weighted by atomic mass is 35.5. The number of benzene rings is 1. The van der Waals surface area contributed by atoms with Gasteiger partial charge in [-0.05, 0) is 24.8 Å². The summed E-state index contributed by atoms with van der Waals surface area (Å²) < 4.78 is 14.2. The van der Waals surface area contributed by atoms with Crippen LogP contribution in [0.5, 0.6) is 0 Å². The van der Waals surface area contributed by atoms with Crippen LogP contribution in [0.25, 0.3) is 0 Å². The smallest absolute Gasteiger partial charge is 0.169 e. The molecule has 0 atom stereocenters. The van der Waals surface area contributed by atoms with E-state index in [4.69, 9.17) is 23.1 Å². The van der Waals surface area contributed by atoms with Crippen LogP contribution >= 0.6 is 11.6 Å². The van der Waals surface area contributed by atoms with E-state index in [2.05, 4.69) is 6.92 Å². The van der Waals surface area contributed by atoms with Crippen molar-refractivity contribution in [3.05, 3.63) is 16.9 Å². The first-order chi connectivity index (χ1) is 9.04. The molecule has 0 amide bonds. The molecule has 0 aromatic heterocycles.